The third kappa shape index (κ3) is 4.85. The lowest BCUT2D eigenvalue weighted by Crippen LogP contribution is -2.46. The van der Waals surface area contributed by atoms with Crippen molar-refractivity contribution in [2.45, 2.75) is 30.7 Å². The maximum absolute atomic E-state index is 13.1. The van der Waals surface area contributed by atoms with Crippen molar-refractivity contribution in [3.8, 4) is 0 Å². The number of amides is 2. The van der Waals surface area contributed by atoms with E-state index in [1.165, 1.54) is 23.5 Å². The highest BCUT2D eigenvalue weighted by molar-refractivity contribution is 7.89. The minimum Gasteiger partial charge on any atom is -0.339 e. The molecule has 0 radical (unpaired) electrons. The minimum atomic E-state index is -3.81. The first kappa shape index (κ1) is 21.5. The van der Waals surface area contributed by atoms with Gasteiger partial charge in [0.2, 0.25) is 15.9 Å². The van der Waals surface area contributed by atoms with Crippen molar-refractivity contribution >= 4 is 33.2 Å². The van der Waals surface area contributed by atoms with Gasteiger partial charge in [-0.2, -0.15) is 0 Å². The number of primary sulfonamides is 1. The molecule has 1 fully saturated rings. The topological polar surface area (TPSA) is 101 Å². The smallest absolute Gasteiger partial charge is 0.263 e. The summed E-state index contributed by atoms with van der Waals surface area (Å²) in [6, 6.07) is 9.64. The molecule has 2 N–H and O–H groups in total. The van der Waals surface area contributed by atoms with Gasteiger partial charge in [-0.1, -0.05) is 18.2 Å². The van der Waals surface area contributed by atoms with Crippen LogP contribution in [-0.2, 0) is 14.8 Å². The molecule has 1 saturated heterocycles. The first-order valence-electron chi connectivity index (χ1n) is 9.40. The number of rotatable bonds is 5. The zero-order valence-electron chi connectivity index (χ0n) is 16.4. The molecule has 3 rings (SSSR count). The van der Waals surface area contributed by atoms with Gasteiger partial charge in [0.15, 0.2) is 0 Å². The highest BCUT2D eigenvalue weighted by Crippen LogP contribution is 2.27. The summed E-state index contributed by atoms with van der Waals surface area (Å²) in [5, 5.41) is 7.08. The predicted molar refractivity (Wildman–Crippen MR) is 112 cm³/mol. The van der Waals surface area contributed by atoms with Crippen LogP contribution in [0.3, 0.4) is 0 Å². The molecule has 7 nitrogen and oxygen atoms in total. The predicted octanol–water partition coefficient (Wildman–Crippen LogP) is 2.47. The Kier molecular flexibility index (Phi) is 6.40. The van der Waals surface area contributed by atoms with Crippen molar-refractivity contribution < 1.29 is 18.0 Å². The quantitative estimate of drug-likeness (QED) is 0.779. The number of nitrogens with zero attached hydrogens (tertiary/aromatic N) is 2. The Hall–Kier alpha value is -2.23. The van der Waals surface area contributed by atoms with Crippen LogP contribution in [0, 0.1) is 5.92 Å². The highest BCUT2D eigenvalue weighted by atomic mass is 32.2. The van der Waals surface area contributed by atoms with Crippen molar-refractivity contribution in [2.75, 3.05) is 20.1 Å². The second kappa shape index (κ2) is 8.64. The van der Waals surface area contributed by atoms with Gasteiger partial charge >= 0.3 is 0 Å². The molecule has 156 valence electrons. The van der Waals surface area contributed by atoms with Gasteiger partial charge in [-0.3, -0.25) is 9.59 Å². The summed E-state index contributed by atoms with van der Waals surface area (Å²) in [6.07, 6.45) is 1.50. The fourth-order valence-corrected chi connectivity index (χ4v) is 4.83. The van der Waals surface area contributed by atoms with Crippen molar-refractivity contribution in [1.82, 2.24) is 9.80 Å². The van der Waals surface area contributed by atoms with Gasteiger partial charge in [0.25, 0.3) is 5.91 Å². The number of sulfonamides is 1. The van der Waals surface area contributed by atoms with Gasteiger partial charge in [-0.25, -0.2) is 13.6 Å². The first-order chi connectivity index (χ1) is 13.7. The standard InChI is InChI=1S/C20H25N3O4S2/c1-14(15-6-3-8-17(12-15)29(21,26)27)22(2)19(24)16-7-4-10-23(13-16)20(25)18-9-5-11-28-18/h3,5-6,8-9,11-12,14,16H,4,7,10,13H2,1-2H3,(H2,21,26,27). The molecule has 0 aliphatic carbocycles. The highest BCUT2D eigenvalue weighted by Gasteiger charge is 2.32. The van der Waals surface area contributed by atoms with Crippen LogP contribution >= 0.6 is 11.3 Å². The van der Waals surface area contributed by atoms with Gasteiger partial charge in [0.05, 0.1) is 21.7 Å². The number of carbonyl (C=O) groups excluding carboxylic acids is 2. The fourth-order valence-electron chi connectivity index (χ4n) is 3.57. The van der Waals surface area contributed by atoms with E-state index in [0.717, 1.165) is 12.8 Å². The van der Waals surface area contributed by atoms with E-state index in [4.69, 9.17) is 5.14 Å². The normalized spacial score (nSPS) is 18.3. The Balaban J connectivity index is 1.71. The maximum Gasteiger partial charge on any atom is 0.263 e. The summed E-state index contributed by atoms with van der Waals surface area (Å²) >= 11 is 1.40. The van der Waals surface area contributed by atoms with Crippen LogP contribution in [0.4, 0.5) is 0 Å². The summed E-state index contributed by atoms with van der Waals surface area (Å²) in [7, 11) is -2.11. The third-order valence-electron chi connectivity index (χ3n) is 5.39. The second-order valence-electron chi connectivity index (χ2n) is 7.31. The minimum absolute atomic E-state index is 0.0214. The van der Waals surface area contributed by atoms with E-state index in [0.29, 0.717) is 23.5 Å². The number of hydrogen-bond donors (Lipinski definition) is 1. The van der Waals surface area contributed by atoms with E-state index in [1.54, 1.807) is 35.0 Å². The molecular weight excluding hydrogens is 410 g/mol. The molecule has 2 heterocycles. The lowest BCUT2D eigenvalue weighted by molar-refractivity contribution is -0.137. The number of carbonyl (C=O) groups is 2. The van der Waals surface area contributed by atoms with Crippen molar-refractivity contribution in [2.24, 2.45) is 11.1 Å². The molecule has 0 bridgehead atoms. The molecule has 2 aromatic rings. The Morgan fingerprint density at radius 3 is 2.69 bits per heavy atom. The lowest BCUT2D eigenvalue weighted by Gasteiger charge is -2.35. The van der Waals surface area contributed by atoms with E-state index in [2.05, 4.69) is 0 Å². The largest absolute Gasteiger partial charge is 0.339 e. The molecule has 9 heteroatoms. The van der Waals surface area contributed by atoms with Crippen LogP contribution in [-0.4, -0.2) is 50.2 Å². The van der Waals surface area contributed by atoms with Crippen LogP contribution < -0.4 is 5.14 Å². The SMILES string of the molecule is CC(c1cccc(S(N)(=O)=O)c1)N(C)C(=O)C1CCCN(C(=O)c2cccs2)C1. The van der Waals surface area contributed by atoms with Gasteiger partial charge in [-0.15, -0.1) is 11.3 Å². The Labute approximate surface area is 175 Å². The molecule has 2 amide bonds. The Morgan fingerprint density at radius 1 is 1.28 bits per heavy atom. The monoisotopic (exact) mass is 435 g/mol. The van der Waals surface area contributed by atoms with Crippen LogP contribution in [0.1, 0.15) is 41.0 Å². The molecular formula is C20H25N3O4S2. The molecule has 1 aromatic carbocycles. The molecule has 2 unspecified atom stereocenters. The molecule has 1 aliphatic heterocycles. The molecule has 0 spiro atoms. The average molecular weight is 436 g/mol. The van der Waals surface area contributed by atoms with E-state index in [-0.39, 0.29) is 28.7 Å². The van der Waals surface area contributed by atoms with Gasteiger partial charge in [0.1, 0.15) is 0 Å². The Bertz CT molecular complexity index is 989. The van der Waals surface area contributed by atoms with E-state index in [1.807, 2.05) is 18.4 Å². The lowest BCUT2D eigenvalue weighted by atomic mass is 9.95. The van der Waals surface area contributed by atoms with E-state index in [9.17, 15) is 18.0 Å². The number of nitrogens with two attached hydrogens (primary N) is 1. The summed E-state index contributed by atoms with van der Waals surface area (Å²) < 4.78 is 23.2. The molecule has 29 heavy (non-hydrogen) atoms. The van der Waals surface area contributed by atoms with Crippen molar-refractivity contribution in [1.29, 1.82) is 0 Å². The van der Waals surface area contributed by atoms with E-state index < -0.39 is 10.0 Å². The van der Waals surface area contributed by atoms with E-state index >= 15 is 0 Å². The zero-order valence-corrected chi connectivity index (χ0v) is 18.1. The second-order valence-corrected chi connectivity index (χ2v) is 9.82. The van der Waals surface area contributed by atoms with Crippen molar-refractivity contribution in [3.05, 3.63) is 52.2 Å². The average Bonchev–Trinajstić information content (AvgIpc) is 3.26. The van der Waals surface area contributed by atoms with Crippen LogP contribution in [0.25, 0.3) is 0 Å². The summed E-state index contributed by atoms with van der Waals surface area (Å²) in [5.74, 6) is -0.363. The van der Waals surface area contributed by atoms with Gasteiger partial charge < -0.3 is 9.80 Å². The Morgan fingerprint density at radius 2 is 2.03 bits per heavy atom. The molecule has 0 saturated carbocycles. The molecule has 1 aromatic heterocycles. The zero-order chi connectivity index (χ0) is 21.2. The van der Waals surface area contributed by atoms with Crippen LogP contribution in [0.15, 0.2) is 46.7 Å². The summed E-state index contributed by atoms with van der Waals surface area (Å²) in [5.41, 5.74) is 0.690. The van der Waals surface area contributed by atoms with Gasteiger partial charge in [-0.05, 0) is 48.9 Å². The summed E-state index contributed by atoms with van der Waals surface area (Å²) in [4.78, 5) is 29.8. The number of piperidine rings is 1. The summed E-state index contributed by atoms with van der Waals surface area (Å²) in [6.45, 7) is 2.89. The van der Waals surface area contributed by atoms with Crippen LogP contribution in [0.2, 0.25) is 0 Å². The fraction of sp³-hybridized carbons (Fsp3) is 0.400. The molecule has 2 atom stereocenters. The van der Waals surface area contributed by atoms with Gasteiger partial charge in [0, 0.05) is 20.1 Å². The first-order valence-corrected chi connectivity index (χ1v) is 11.8. The van der Waals surface area contributed by atoms with Crippen LogP contribution in [0.5, 0.6) is 0 Å². The third-order valence-corrected chi connectivity index (χ3v) is 7.16. The maximum atomic E-state index is 13.1. The van der Waals surface area contributed by atoms with Crippen molar-refractivity contribution in [3.63, 3.8) is 0 Å². The number of thiophene rings is 1. The number of likely N-dealkylation sites (tertiary alicyclic amines) is 1. The molecule has 1 aliphatic rings. The number of hydrogen-bond acceptors (Lipinski definition) is 5. The number of benzene rings is 1.